The first kappa shape index (κ1) is 21.3. The monoisotopic (exact) mass is 455 g/mol. The molecule has 1 atom stereocenters. The fraction of sp³-hybridized carbons (Fsp3) is 0.429. The highest BCUT2D eigenvalue weighted by Gasteiger charge is 2.25. The topological polar surface area (TPSA) is 130 Å². The van der Waals surface area contributed by atoms with Crippen molar-refractivity contribution in [1.82, 2.24) is 24.7 Å². The van der Waals surface area contributed by atoms with Crippen molar-refractivity contribution < 1.29 is 14.2 Å². The molecule has 2 fully saturated rings. The van der Waals surface area contributed by atoms with E-state index in [0.29, 0.717) is 24.8 Å². The van der Waals surface area contributed by atoms with Gasteiger partial charge in [-0.25, -0.2) is 14.4 Å². The van der Waals surface area contributed by atoms with Crippen molar-refractivity contribution in [3.8, 4) is 5.82 Å². The summed E-state index contributed by atoms with van der Waals surface area (Å²) in [5, 5.41) is 16.8. The third kappa shape index (κ3) is 4.39. The molecule has 1 aromatic carbocycles. The minimum absolute atomic E-state index is 0.0291. The number of morpholine rings is 1. The molecule has 4 N–H and O–H groups in total. The molecule has 0 aliphatic carbocycles. The van der Waals surface area contributed by atoms with E-state index in [9.17, 15) is 9.50 Å². The highest BCUT2D eigenvalue weighted by molar-refractivity contribution is 5.61. The average Bonchev–Trinajstić information content (AvgIpc) is 3.47. The third-order valence-electron chi connectivity index (χ3n) is 5.94. The zero-order chi connectivity index (χ0) is 22.8. The van der Waals surface area contributed by atoms with Gasteiger partial charge in [0.1, 0.15) is 18.0 Å². The van der Waals surface area contributed by atoms with Gasteiger partial charge in [0, 0.05) is 31.4 Å². The van der Waals surface area contributed by atoms with Gasteiger partial charge in [-0.05, 0) is 31.0 Å². The van der Waals surface area contributed by atoms with Gasteiger partial charge in [0.15, 0.2) is 5.82 Å². The van der Waals surface area contributed by atoms with E-state index in [1.54, 1.807) is 12.1 Å². The van der Waals surface area contributed by atoms with Crippen molar-refractivity contribution in [3.05, 3.63) is 36.4 Å². The molecule has 0 unspecified atom stereocenters. The molecule has 5 rings (SSSR count). The molecule has 2 aromatic heterocycles. The molecule has 11 nitrogen and oxygen atoms in total. The number of nitrogens with two attached hydrogens (primary N) is 1. The summed E-state index contributed by atoms with van der Waals surface area (Å²) >= 11 is 0. The Balaban J connectivity index is 1.35. The average molecular weight is 455 g/mol. The van der Waals surface area contributed by atoms with Crippen LogP contribution in [0.15, 0.2) is 30.6 Å². The Hall–Kier alpha value is -3.51. The predicted molar refractivity (Wildman–Crippen MR) is 122 cm³/mol. The molecular weight excluding hydrogens is 429 g/mol. The summed E-state index contributed by atoms with van der Waals surface area (Å²) in [4.78, 5) is 16.9. The normalized spacial score (nSPS) is 18.7. The molecule has 2 aliphatic heterocycles. The van der Waals surface area contributed by atoms with Crippen LogP contribution < -0.4 is 20.9 Å². The van der Waals surface area contributed by atoms with Crippen LogP contribution >= 0.6 is 0 Å². The summed E-state index contributed by atoms with van der Waals surface area (Å²) in [5.41, 5.74) is 7.11. The fourth-order valence-electron chi connectivity index (χ4n) is 4.23. The van der Waals surface area contributed by atoms with Crippen LogP contribution in [0.1, 0.15) is 12.8 Å². The van der Waals surface area contributed by atoms with E-state index in [0.717, 1.165) is 38.2 Å². The lowest BCUT2D eigenvalue weighted by molar-refractivity contribution is 0.122. The highest BCUT2D eigenvalue weighted by atomic mass is 19.1. The van der Waals surface area contributed by atoms with E-state index in [4.69, 9.17) is 10.5 Å². The maximum absolute atomic E-state index is 14.8. The van der Waals surface area contributed by atoms with Crippen LogP contribution in [0.2, 0.25) is 0 Å². The lowest BCUT2D eigenvalue weighted by Gasteiger charge is -2.29. The van der Waals surface area contributed by atoms with Crippen LogP contribution in [0.4, 0.5) is 33.5 Å². The van der Waals surface area contributed by atoms with Gasteiger partial charge in [-0.1, -0.05) is 0 Å². The molecule has 33 heavy (non-hydrogen) atoms. The predicted octanol–water partition coefficient (Wildman–Crippen LogP) is 1.32. The summed E-state index contributed by atoms with van der Waals surface area (Å²) in [5.74, 6) is 0.963. The number of nitrogens with zero attached hydrogens (tertiary/aromatic N) is 7. The Kier molecular flexibility index (Phi) is 5.92. The van der Waals surface area contributed by atoms with E-state index >= 15 is 0 Å². The molecule has 0 saturated carbocycles. The Morgan fingerprint density at radius 3 is 2.76 bits per heavy atom. The van der Waals surface area contributed by atoms with Crippen molar-refractivity contribution in [1.29, 1.82) is 0 Å². The van der Waals surface area contributed by atoms with Gasteiger partial charge >= 0.3 is 0 Å². The van der Waals surface area contributed by atoms with Gasteiger partial charge < -0.3 is 30.7 Å². The van der Waals surface area contributed by atoms with Gasteiger partial charge in [-0.15, -0.1) is 5.10 Å². The van der Waals surface area contributed by atoms with Crippen LogP contribution in [0.5, 0.6) is 0 Å². The maximum atomic E-state index is 14.8. The second-order valence-corrected chi connectivity index (χ2v) is 8.00. The third-order valence-corrected chi connectivity index (χ3v) is 5.94. The first-order valence-corrected chi connectivity index (χ1v) is 10.9. The van der Waals surface area contributed by atoms with Gasteiger partial charge in [-0.2, -0.15) is 9.67 Å². The maximum Gasteiger partial charge on any atom is 0.248 e. The summed E-state index contributed by atoms with van der Waals surface area (Å²) in [6.45, 7) is 3.59. The number of aliphatic hydroxyl groups excluding tert-OH is 1. The van der Waals surface area contributed by atoms with Crippen molar-refractivity contribution in [2.75, 3.05) is 60.3 Å². The minimum Gasteiger partial charge on any atom is -0.394 e. The fourth-order valence-corrected chi connectivity index (χ4v) is 4.23. The Morgan fingerprint density at radius 1 is 1.15 bits per heavy atom. The van der Waals surface area contributed by atoms with Crippen molar-refractivity contribution >= 4 is 29.1 Å². The molecule has 2 aliphatic rings. The standard InChI is InChI=1S/C21H26FN9O2/c22-16-10-14(29-6-8-33-9-7-29)3-4-17(16)26-21-27-20(23)31(28-21)19-11-18(24-13-25-19)30-5-1-2-15(30)12-32/h3-4,10-11,13,15,32H,1-2,5-9,12H2,(H3,23,26,27,28)/t15-/m0/s1. The molecule has 0 spiro atoms. The van der Waals surface area contributed by atoms with Gasteiger partial charge in [0.05, 0.1) is 31.5 Å². The number of nitrogen functional groups attached to an aromatic ring is 1. The van der Waals surface area contributed by atoms with Crippen molar-refractivity contribution in [2.45, 2.75) is 18.9 Å². The van der Waals surface area contributed by atoms with E-state index < -0.39 is 5.82 Å². The minimum atomic E-state index is -0.415. The number of aromatic nitrogens is 5. The molecule has 12 heteroatoms. The lowest BCUT2D eigenvalue weighted by atomic mass is 10.2. The Morgan fingerprint density at radius 2 is 1.97 bits per heavy atom. The van der Waals surface area contributed by atoms with E-state index in [-0.39, 0.29) is 30.2 Å². The van der Waals surface area contributed by atoms with Crippen LogP contribution in [0.25, 0.3) is 5.82 Å². The smallest absolute Gasteiger partial charge is 0.248 e. The number of anilines is 5. The molecule has 3 aromatic rings. The number of rotatable bonds is 6. The molecule has 4 heterocycles. The number of benzene rings is 1. The lowest BCUT2D eigenvalue weighted by Crippen LogP contribution is -2.36. The van der Waals surface area contributed by atoms with Crippen molar-refractivity contribution in [3.63, 3.8) is 0 Å². The highest BCUT2D eigenvalue weighted by Crippen LogP contribution is 2.27. The van der Waals surface area contributed by atoms with Gasteiger partial charge in [0.2, 0.25) is 11.9 Å². The van der Waals surface area contributed by atoms with Gasteiger partial charge in [-0.3, -0.25) is 0 Å². The number of nitrogens with one attached hydrogen (secondary N) is 1. The molecule has 0 amide bonds. The molecular formula is C21H26FN9O2. The largest absolute Gasteiger partial charge is 0.394 e. The van der Waals surface area contributed by atoms with Crippen LogP contribution in [0, 0.1) is 5.82 Å². The number of aliphatic hydroxyl groups is 1. The Labute approximate surface area is 190 Å². The second kappa shape index (κ2) is 9.16. The van der Waals surface area contributed by atoms with Crippen LogP contribution in [-0.2, 0) is 4.74 Å². The van der Waals surface area contributed by atoms with Crippen LogP contribution in [-0.4, -0.2) is 75.3 Å². The molecule has 174 valence electrons. The summed E-state index contributed by atoms with van der Waals surface area (Å²) in [6, 6.07) is 6.77. The summed E-state index contributed by atoms with van der Waals surface area (Å²) in [6.07, 6.45) is 3.32. The molecule has 2 saturated heterocycles. The summed E-state index contributed by atoms with van der Waals surface area (Å²) < 4.78 is 21.5. The van der Waals surface area contributed by atoms with Crippen LogP contribution in [0.3, 0.4) is 0 Å². The van der Waals surface area contributed by atoms with E-state index in [2.05, 4.69) is 30.3 Å². The molecule has 0 bridgehead atoms. The Bertz CT molecular complexity index is 1120. The first-order valence-electron chi connectivity index (χ1n) is 10.9. The number of ether oxygens (including phenoxy) is 1. The quantitative estimate of drug-likeness (QED) is 0.500. The van der Waals surface area contributed by atoms with Gasteiger partial charge in [0.25, 0.3) is 0 Å². The van der Waals surface area contributed by atoms with E-state index in [1.165, 1.54) is 17.1 Å². The van der Waals surface area contributed by atoms with E-state index in [1.807, 2.05) is 11.0 Å². The summed E-state index contributed by atoms with van der Waals surface area (Å²) in [7, 11) is 0. The molecule has 0 radical (unpaired) electrons. The zero-order valence-electron chi connectivity index (χ0n) is 18.1. The zero-order valence-corrected chi connectivity index (χ0v) is 18.1. The number of hydrogen-bond acceptors (Lipinski definition) is 10. The SMILES string of the molecule is Nc1nc(Nc2ccc(N3CCOCC3)cc2F)nn1-c1cc(N2CCC[C@H]2CO)ncn1. The van der Waals surface area contributed by atoms with Crippen molar-refractivity contribution in [2.24, 2.45) is 0 Å². The first-order chi connectivity index (χ1) is 16.1. The number of hydrogen-bond donors (Lipinski definition) is 3. The second-order valence-electron chi connectivity index (χ2n) is 8.00. The number of halogens is 1.